The summed E-state index contributed by atoms with van der Waals surface area (Å²) >= 11 is 0. The van der Waals surface area contributed by atoms with Gasteiger partial charge in [-0.3, -0.25) is 0 Å². The fourth-order valence-electron chi connectivity index (χ4n) is 3.42. The van der Waals surface area contributed by atoms with Gasteiger partial charge in [-0.25, -0.2) is 22.0 Å². The molecule has 13 heteroatoms. The minimum Gasteiger partial charge on any atom is -0.490 e. The standard InChI is InChI=1S/C19H21F5O7S/c1-17(2,3)31-16(26)30-10-6-9(7-10)29-12-4-5-13(32(27,28)19(22,23)24)14-11(12)8-18(20,21)15(14)25/h4-5,9-10,15,25H,6-8H2,1-3H3/t9?,10?,15-/m0/s1. The van der Waals surface area contributed by atoms with Crippen LogP contribution in [-0.2, 0) is 25.7 Å². The van der Waals surface area contributed by atoms with Gasteiger partial charge in [0.1, 0.15) is 29.7 Å². The van der Waals surface area contributed by atoms with E-state index in [-0.39, 0.29) is 18.6 Å². The summed E-state index contributed by atoms with van der Waals surface area (Å²) in [4.78, 5) is 10.2. The van der Waals surface area contributed by atoms with Crippen LogP contribution in [0.1, 0.15) is 50.8 Å². The molecule has 0 aromatic heterocycles. The molecule has 3 rings (SSSR count). The third kappa shape index (κ3) is 4.63. The van der Waals surface area contributed by atoms with Crippen molar-refractivity contribution in [1.82, 2.24) is 0 Å². The third-order valence-electron chi connectivity index (χ3n) is 4.95. The summed E-state index contributed by atoms with van der Waals surface area (Å²) in [6.45, 7) is 4.94. The quantitative estimate of drug-likeness (QED) is 0.504. The Morgan fingerprint density at radius 2 is 1.72 bits per heavy atom. The van der Waals surface area contributed by atoms with E-state index in [2.05, 4.69) is 0 Å². The van der Waals surface area contributed by atoms with Crippen molar-refractivity contribution in [3.63, 3.8) is 0 Å². The van der Waals surface area contributed by atoms with Crippen molar-refractivity contribution < 1.29 is 54.5 Å². The second kappa shape index (κ2) is 7.72. The largest absolute Gasteiger partial charge is 0.509 e. The molecule has 32 heavy (non-hydrogen) atoms. The zero-order chi connectivity index (χ0) is 24.3. The monoisotopic (exact) mass is 488 g/mol. The first-order chi connectivity index (χ1) is 14.4. The molecule has 0 aliphatic heterocycles. The van der Waals surface area contributed by atoms with Crippen molar-refractivity contribution in [2.24, 2.45) is 0 Å². The topological polar surface area (TPSA) is 99.1 Å². The van der Waals surface area contributed by atoms with Crippen LogP contribution in [-0.4, -0.2) is 48.9 Å². The number of halogens is 5. The normalized spacial score (nSPS) is 25.0. The Labute approximate surface area is 180 Å². The van der Waals surface area contributed by atoms with Gasteiger partial charge >= 0.3 is 11.7 Å². The minimum atomic E-state index is -5.98. The Morgan fingerprint density at radius 1 is 1.12 bits per heavy atom. The highest BCUT2D eigenvalue weighted by Gasteiger charge is 2.55. The summed E-state index contributed by atoms with van der Waals surface area (Å²) in [5.74, 6) is -4.14. The highest BCUT2D eigenvalue weighted by atomic mass is 32.2. The van der Waals surface area contributed by atoms with Crippen LogP contribution in [0.4, 0.5) is 26.7 Å². The number of aliphatic hydroxyl groups is 1. The SMILES string of the molecule is CC(C)(C)OC(=O)OC1CC(Oc2ccc(S(=O)(=O)C(F)(F)F)c3c2CC(F)(F)[C@H]3O)C1. The lowest BCUT2D eigenvalue weighted by atomic mass is 9.92. The average molecular weight is 488 g/mol. The van der Waals surface area contributed by atoms with E-state index in [0.29, 0.717) is 6.07 Å². The fourth-order valence-corrected chi connectivity index (χ4v) is 4.44. The number of carbonyl (C=O) groups excluding carboxylic acids is 1. The van der Waals surface area contributed by atoms with Crippen molar-refractivity contribution in [3.05, 3.63) is 23.3 Å². The molecular formula is C19H21F5O7S. The molecule has 1 saturated carbocycles. The number of aliphatic hydroxyl groups excluding tert-OH is 1. The van der Waals surface area contributed by atoms with E-state index in [9.17, 15) is 40.3 Å². The first-order valence-electron chi connectivity index (χ1n) is 9.51. The van der Waals surface area contributed by atoms with Crippen molar-refractivity contribution in [1.29, 1.82) is 0 Å². The van der Waals surface area contributed by atoms with E-state index in [4.69, 9.17) is 14.2 Å². The van der Waals surface area contributed by atoms with Gasteiger partial charge in [-0.2, -0.15) is 13.2 Å². The number of sulfone groups is 1. The van der Waals surface area contributed by atoms with Gasteiger partial charge in [-0.1, -0.05) is 0 Å². The second-order valence-electron chi connectivity index (χ2n) is 8.66. The maximum absolute atomic E-state index is 14.1. The molecule has 2 aliphatic carbocycles. The summed E-state index contributed by atoms with van der Waals surface area (Å²) in [5.41, 5.74) is -8.03. The van der Waals surface area contributed by atoms with E-state index < -0.39 is 73.8 Å². The van der Waals surface area contributed by atoms with Crippen LogP contribution in [0.15, 0.2) is 17.0 Å². The van der Waals surface area contributed by atoms with Gasteiger partial charge in [-0.05, 0) is 32.9 Å². The molecule has 0 heterocycles. The molecular weight excluding hydrogens is 467 g/mol. The van der Waals surface area contributed by atoms with Crippen LogP contribution in [0, 0.1) is 0 Å². The molecule has 2 aliphatic rings. The molecule has 1 aromatic rings. The van der Waals surface area contributed by atoms with Crippen LogP contribution in [0.2, 0.25) is 0 Å². The van der Waals surface area contributed by atoms with Crippen LogP contribution in [0.5, 0.6) is 5.75 Å². The summed E-state index contributed by atoms with van der Waals surface area (Å²) in [7, 11) is -5.98. The summed E-state index contributed by atoms with van der Waals surface area (Å²) in [5, 5.41) is 9.87. The first kappa shape index (κ1) is 24.5. The smallest absolute Gasteiger partial charge is 0.490 e. The lowest BCUT2D eigenvalue weighted by Crippen LogP contribution is -2.41. The second-order valence-corrected chi connectivity index (χ2v) is 10.6. The molecule has 1 aromatic carbocycles. The molecule has 0 radical (unpaired) electrons. The predicted octanol–water partition coefficient (Wildman–Crippen LogP) is 4.07. The number of fused-ring (bicyclic) bond motifs is 1. The first-order valence-corrected chi connectivity index (χ1v) is 11.0. The molecule has 1 N–H and O–H groups in total. The van der Waals surface area contributed by atoms with Gasteiger partial charge in [-0.15, -0.1) is 0 Å². The van der Waals surface area contributed by atoms with Crippen LogP contribution < -0.4 is 4.74 Å². The molecule has 0 saturated heterocycles. The molecule has 1 fully saturated rings. The average Bonchev–Trinajstić information content (AvgIpc) is 2.80. The zero-order valence-corrected chi connectivity index (χ0v) is 18.0. The van der Waals surface area contributed by atoms with Crippen LogP contribution in [0.3, 0.4) is 0 Å². The number of ether oxygens (including phenoxy) is 3. The number of carbonyl (C=O) groups is 1. The Morgan fingerprint density at radius 3 is 2.25 bits per heavy atom. The minimum absolute atomic E-state index is 0.162. The van der Waals surface area contributed by atoms with E-state index in [1.54, 1.807) is 20.8 Å². The van der Waals surface area contributed by atoms with E-state index in [1.807, 2.05) is 0 Å². The molecule has 0 amide bonds. The Hall–Kier alpha value is -2.15. The molecule has 180 valence electrons. The lowest BCUT2D eigenvalue weighted by Gasteiger charge is -2.35. The number of benzene rings is 1. The highest BCUT2D eigenvalue weighted by Crippen LogP contribution is 2.51. The molecule has 0 unspecified atom stereocenters. The molecule has 1 atom stereocenters. The molecule has 0 spiro atoms. The Kier molecular flexibility index (Phi) is 5.91. The van der Waals surface area contributed by atoms with Gasteiger partial charge < -0.3 is 19.3 Å². The van der Waals surface area contributed by atoms with Crippen molar-refractivity contribution in [2.75, 3.05) is 0 Å². The third-order valence-corrected chi connectivity index (χ3v) is 6.50. The number of alkyl halides is 5. The zero-order valence-electron chi connectivity index (χ0n) is 17.2. The summed E-state index contributed by atoms with van der Waals surface area (Å²) < 4.78 is 106. The maximum Gasteiger partial charge on any atom is 0.509 e. The number of rotatable bonds is 4. The van der Waals surface area contributed by atoms with Gasteiger partial charge in [0, 0.05) is 30.4 Å². The van der Waals surface area contributed by atoms with Gasteiger partial charge in [0.2, 0.25) is 0 Å². The Bertz CT molecular complexity index is 1010. The lowest BCUT2D eigenvalue weighted by molar-refractivity contribution is -0.0980. The van der Waals surface area contributed by atoms with Crippen LogP contribution in [0.25, 0.3) is 0 Å². The molecule has 7 nitrogen and oxygen atoms in total. The van der Waals surface area contributed by atoms with E-state index >= 15 is 0 Å². The fraction of sp³-hybridized carbons (Fsp3) is 0.632. The Balaban J connectivity index is 1.79. The highest BCUT2D eigenvalue weighted by molar-refractivity contribution is 7.92. The molecule has 0 bridgehead atoms. The number of hydrogen-bond donors (Lipinski definition) is 1. The van der Waals surface area contributed by atoms with E-state index in [0.717, 1.165) is 6.07 Å². The van der Waals surface area contributed by atoms with Gasteiger partial charge in [0.15, 0.2) is 0 Å². The summed E-state index contributed by atoms with van der Waals surface area (Å²) in [6.07, 6.45) is -5.69. The maximum atomic E-state index is 14.1. The van der Waals surface area contributed by atoms with Crippen molar-refractivity contribution in [2.45, 2.75) is 80.3 Å². The van der Waals surface area contributed by atoms with Crippen molar-refractivity contribution in [3.8, 4) is 5.75 Å². The van der Waals surface area contributed by atoms with Gasteiger partial charge in [0.25, 0.3) is 15.8 Å². The number of hydrogen-bond acceptors (Lipinski definition) is 7. The van der Waals surface area contributed by atoms with Crippen molar-refractivity contribution >= 4 is 16.0 Å². The van der Waals surface area contributed by atoms with Crippen LogP contribution >= 0.6 is 0 Å². The predicted molar refractivity (Wildman–Crippen MR) is 98.1 cm³/mol. The summed E-state index contributed by atoms with van der Waals surface area (Å²) in [6, 6.07) is 1.35. The van der Waals surface area contributed by atoms with Gasteiger partial charge in [0.05, 0.1) is 4.90 Å². The van der Waals surface area contributed by atoms with E-state index in [1.165, 1.54) is 0 Å².